The monoisotopic (exact) mass is 671 g/mol. The van der Waals surface area contributed by atoms with Gasteiger partial charge in [-0.3, -0.25) is 10.2 Å². The molecule has 0 atom stereocenters. The van der Waals surface area contributed by atoms with E-state index in [2.05, 4.69) is 22.2 Å². The quantitative estimate of drug-likeness (QED) is 0.233. The van der Waals surface area contributed by atoms with Crippen LogP contribution in [0.2, 0.25) is 10.0 Å². The molecule has 5 heterocycles. The maximum absolute atomic E-state index is 13.8. The number of hydrazine groups is 1. The van der Waals surface area contributed by atoms with E-state index in [1.807, 2.05) is 11.1 Å². The molecule has 0 aliphatic carbocycles. The maximum Gasteiger partial charge on any atom is 0.416 e. The number of fused-ring (bicyclic) bond motifs is 3. The Balaban J connectivity index is 1.33. The summed E-state index contributed by atoms with van der Waals surface area (Å²) in [7, 11) is 0. The standard InChI is InChI=1S/C32H26Cl2F3N5O2S/c33-21-9-11-26(25(34)14-21)42-29-24(28(38-42)31(43)39-40-12-2-1-3-13-40)16-41(22-17-44-18-22)27-15-23(45-30(27)29)10-6-19-4-7-20(8-5-19)32(35,36)37/h4-5,7-9,11,14-15,22H,1-3,12-13,16-18H2,(H,39,43). The molecule has 2 saturated heterocycles. The van der Waals surface area contributed by atoms with E-state index in [0.29, 0.717) is 51.6 Å². The number of anilines is 1. The van der Waals surface area contributed by atoms with E-state index in [1.54, 1.807) is 22.9 Å². The van der Waals surface area contributed by atoms with Gasteiger partial charge in [0.15, 0.2) is 5.69 Å². The van der Waals surface area contributed by atoms with Gasteiger partial charge in [-0.1, -0.05) is 41.5 Å². The zero-order valence-corrected chi connectivity index (χ0v) is 26.1. The molecule has 0 saturated carbocycles. The van der Waals surface area contributed by atoms with Crippen molar-refractivity contribution < 1.29 is 22.7 Å². The van der Waals surface area contributed by atoms with Crippen LogP contribution in [0.3, 0.4) is 0 Å². The molecule has 0 spiro atoms. The summed E-state index contributed by atoms with van der Waals surface area (Å²) in [4.78, 5) is 17.6. The third-order valence-electron chi connectivity index (χ3n) is 8.12. The zero-order chi connectivity index (χ0) is 31.3. The lowest BCUT2D eigenvalue weighted by Crippen LogP contribution is -2.50. The molecule has 2 aromatic heterocycles. The van der Waals surface area contributed by atoms with Crippen LogP contribution >= 0.6 is 34.5 Å². The van der Waals surface area contributed by atoms with Crippen LogP contribution in [-0.4, -0.2) is 53.0 Å². The number of thiophene rings is 1. The summed E-state index contributed by atoms with van der Waals surface area (Å²) >= 11 is 14.3. The van der Waals surface area contributed by atoms with Crippen molar-refractivity contribution in [2.45, 2.75) is 38.0 Å². The summed E-state index contributed by atoms with van der Waals surface area (Å²) in [5.74, 6) is 5.84. The second kappa shape index (κ2) is 12.0. The van der Waals surface area contributed by atoms with E-state index < -0.39 is 11.7 Å². The Morgan fingerprint density at radius 1 is 1.00 bits per heavy atom. The summed E-state index contributed by atoms with van der Waals surface area (Å²) in [6.45, 7) is 3.07. The van der Waals surface area contributed by atoms with Crippen molar-refractivity contribution in [3.8, 4) is 28.1 Å². The first-order valence-corrected chi connectivity index (χ1v) is 16.0. The first-order valence-electron chi connectivity index (χ1n) is 14.5. The molecule has 1 amide bonds. The minimum atomic E-state index is -4.41. The normalized spacial score (nSPS) is 16.8. The number of nitrogens with zero attached hydrogens (tertiary/aromatic N) is 4. The van der Waals surface area contributed by atoms with Gasteiger partial charge in [0.1, 0.15) is 0 Å². The molecule has 13 heteroatoms. The third-order valence-corrected chi connectivity index (χ3v) is 9.71. The van der Waals surface area contributed by atoms with Gasteiger partial charge in [-0.25, -0.2) is 9.69 Å². The number of nitrogens with one attached hydrogen (secondary N) is 1. The van der Waals surface area contributed by atoms with Gasteiger partial charge in [-0.2, -0.15) is 18.3 Å². The summed E-state index contributed by atoms with van der Waals surface area (Å²) in [6.07, 6.45) is -1.26. The third kappa shape index (κ3) is 5.93. The summed E-state index contributed by atoms with van der Waals surface area (Å²) in [5.41, 5.74) is 6.11. The Kier molecular flexibility index (Phi) is 8.04. The van der Waals surface area contributed by atoms with Crippen LogP contribution < -0.4 is 10.3 Å². The average Bonchev–Trinajstić information content (AvgIpc) is 3.58. The van der Waals surface area contributed by atoms with Crippen molar-refractivity contribution >= 4 is 46.1 Å². The number of ether oxygens (including phenoxy) is 1. The molecular weight excluding hydrogens is 646 g/mol. The molecule has 0 bridgehead atoms. The number of rotatable bonds is 4. The van der Waals surface area contributed by atoms with Crippen LogP contribution in [0.25, 0.3) is 16.3 Å². The van der Waals surface area contributed by atoms with Crippen LogP contribution in [0.4, 0.5) is 18.9 Å². The van der Waals surface area contributed by atoms with E-state index in [0.717, 1.165) is 66.3 Å². The van der Waals surface area contributed by atoms with Gasteiger partial charge < -0.3 is 9.64 Å². The molecule has 7 rings (SSSR count). The first kappa shape index (κ1) is 30.1. The van der Waals surface area contributed by atoms with Crippen LogP contribution in [0, 0.1) is 11.8 Å². The number of hydrogen-bond acceptors (Lipinski definition) is 6. The zero-order valence-electron chi connectivity index (χ0n) is 23.8. The van der Waals surface area contributed by atoms with Crippen molar-refractivity contribution in [3.05, 3.63) is 85.8 Å². The molecule has 3 aliphatic rings. The van der Waals surface area contributed by atoms with Gasteiger partial charge in [0.2, 0.25) is 0 Å². The highest BCUT2D eigenvalue weighted by atomic mass is 35.5. The Labute approximate surface area is 271 Å². The lowest BCUT2D eigenvalue weighted by atomic mass is 10.0. The summed E-state index contributed by atoms with van der Waals surface area (Å²) < 4.78 is 46.3. The number of aromatic nitrogens is 2. The molecule has 2 aromatic carbocycles. The second-order valence-corrected chi connectivity index (χ2v) is 13.0. The van der Waals surface area contributed by atoms with E-state index in [-0.39, 0.29) is 11.9 Å². The Morgan fingerprint density at radius 3 is 2.42 bits per heavy atom. The Morgan fingerprint density at radius 2 is 1.76 bits per heavy atom. The average molecular weight is 673 g/mol. The van der Waals surface area contributed by atoms with Crippen molar-refractivity contribution in [3.63, 3.8) is 0 Å². The van der Waals surface area contributed by atoms with Crippen molar-refractivity contribution in [2.24, 2.45) is 0 Å². The molecule has 1 N–H and O–H groups in total. The van der Waals surface area contributed by atoms with Gasteiger partial charge in [0.25, 0.3) is 5.91 Å². The van der Waals surface area contributed by atoms with Crippen LogP contribution in [-0.2, 0) is 17.5 Å². The highest BCUT2D eigenvalue weighted by Gasteiger charge is 2.39. The molecular formula is C32H26Cl2F3N5O2S. The van der Waals surface area contributed by atoms with Gasteiger partial charge >= 0.3 is 6.18 Å². The molecule has 3 aliphatic heterocycles. The van der Waals surface area contributed by atoms with E-state index >= 15 is 0 Å². The molecule has 0 radical (unpaired) electrons. The van der Waals surface area contributed by atoms with Crippen LogP contribution in [0.15, 0.2) is 48.5 Å². The SMILES string of the molecule is O=C(NN1CCCCC1)c1nn(-c2ccc(Cl)cc2Cl)c2c1CN(C1COC1)c1cc(C#Cc3ccc(C(F)(F)F)cc3)sc1-2. The molecule has 0 unspecified atom stereocenters. The van der Waals surface area contributed by atoms with Crippen molar-refractivity contribution in [1.82, 2.24) is 20.2 Å². The smallest absolute Gasteiger partial charge is 0.377 e. The molecule has 7 nitrogen and oxygen atoms in total. The van der Waals surface area contributed by atoms with Crippen LogP contribution in [0.5, 0.6) is 0 Å². The number of alkyl halides is 3. The predicted octanol–water partition coefficient (Wildman–Crippen LogP) is 7.18. The summed E-state index contributed by atoms with van der Waals surface area (Å²) in [6, 6.07) is 12.0. The number of benzene rings is 2. The molecule has 4 aromatic rings. The number of halogens is 5. The second-order valence-electron chi connectivity index (χ2n) is 11.1. The van der Waals surface area contributed by atoms with E-state index in [1.165, 1.54) is 23.5 Å². The van der Waals surface area contributed by atoms with E-state index in [9.17, 15) is 18.0 Å². The van der Waals surface area contributed by atoms with Crippen molar-refractivity contribution in [1.29, 1.82) is 0 Å². The number of hydrogen-bond donors (Lipinski definition) is 1. The minimum absolute atomic E-state index is 0.0997. The fourth-order valence-corrected chi connectivity index (χ4v) is 7.30. The number of amides is 1. The Bertz CT molecular complexity index is 1830. The predicted molar refractivity (Wildman–Crippen MR) is 168 cm³/mol. The Hall–Kier alpha value is -3.53. The topological polar surface area (TPSA) is 62.6 Å². The van der Waals surface area contributed by atoms with E-state index in [4.69, 9.17) is 33.0 Å². The van der Waals surface area contributed by atoms with Crippen LogP contribution in [0.1, 0.15) is 51.3 Å². The lowest BCUT2D eigenvalue weighted by Gasteiger charge is -2.41. The highest BCUT2D eigenvalue weighted by Crippen LogP contribution is 2.48. The number of carbonyl (C=O) groups excluding carboxylic acids is 1. The number of carbonyl (C=O) groups is 1. The lowest BCUT2D eigenvalue weighted by molar-refractivity contribution is -0.137. The molecule has 232 valence electrons. The molecule has 2 fully saturated rings. The largest absolute Gasteiger partial charge is 0.416 e. The van der Waals surface area contributed by atoms with Crippen molar-refractivity contribution in [2.75, 3.05) is 31.2 Å². The highest BCUT2D eigenvalue weighted by molar-refractivity contribution is 7.16. The fraction of sp³-hybridized carbons (Fsp3) is 0.312. The fourth-order valence-electron chi connectivity index (χ4n) is 5.73. The van der Waals surface area contributed by atoms with Gasteiger partial charge in [-0.05, 0) is 61.4 Å². The van der Waals surface area contributed by atoms with Gasteiger partial charge in [0, 0.05) is 35.8 Å². The minimum Gasteiger partial charge on any atom is -0.377 e. The van der Waals surface area contributed by atoms with Gasteiger partial charge in [-0.15, -0.1) is 11.3 Å². The van der Waals surface area contributed by atoms with Gasteiger partial charge in [0.05, 0.1) is 56.7 Å². The summed E-state index contributed by atoms with van der Waals surface area (Å²) in [5, 5.41) is 7.65. The molecule has 45 heavy (non-hydrogen) atoms. The number of piperidine rings is 1. The maximum atomic E-state index is 13.8. The first-order chi connectivity index (χ1) is 21.7.